The van der Waals surface area contributed by atoms with Crippen molar-refractivity contribution >= 4 is 27.4 Å². The molecule has 3 nitrogen and oxygen atoms in total. The molecule has 4 heteroatoms. The van der Waals surface area contributed by atoms with E-state index < -0.39 is 0 Å². The Balaban J connectivity index is 1.89. The SMILES string of the molecule is CN(CCCc1ccccc1)c1ncc(Br)cc1N. The van der Waals surface area contributed by atoms with Crippen LogP contribution in [0.1, 0.15) is 12.0 Å². The van der Waals surface area contributed by atoms with Crippen LogP contribution in [0.2, 0.25) is 0 Å². The van der Waals surface area contributed by atoms with Crippen LogP contribution in [-0.2, 0) is 6.42 Å². The summed E-state index contributed by atoms with van der Waals surface area (Å²) in [5.41, 5.74) is 8.04. The first kappa shape index (κ1) is 13.9. The zero-order valence-corrected chi connectivity index (χ0v) is 12.6. The molecule has 0 amide bonds. The molecular weight excluding hydrogens is 302 g/mol. The molecule has 0 aliphatic rings. The maximum atomic E-state index is 5.97. The number of aromatic nitrogens is 1. The fourth-order valence-electron chi connectivity index (χ4n) is 2.04. The van der Waals surface area contributed by atoms with E-state index in [1.54, 1.807) is 6.20 Å². The van der Waals surface area contributed by atoms with Crippen LogP contribution in [0.4, 0.5) is 11.5 Å². The molecule has 19 heavy (non-hydrogen) atoms. The number of benzene rings is 1. The summed E-state index contributed by atoms with van der Waals surface area (Å²) in [6.45, 7) is 0.938. The minimum absolute atomic E-state index is 0.705. The van der Waals surface area contributed by atoms with E-state index in [1.165, 1.54) is 5.56 Å². The smallest absolute Gasteiger partial charge is 0.151 e. The third kappa shape index (κ3) is 3.96. The van der Waals surface area contributed by atoms with Gasteiger partial charge in [0.25, 0.3) is 0 Å². The number of nitrogens with two attached hydrogens (primary N) is 1. The normalized spacial score (nSPS) is 10.4. The minimum Gasteiger partial charge on any atom is -0.396 e. The molecule has 0 spiro atoms. The molecular formula is C15H18BrN3. The Morgan fingerprint density at radius 1 is 1.26 bits per heavy atom. The van der Waals surface area contributed by atoms with Gasteiger partial charge in [-0.1, -0.05) is 30.3 Å². The van der Waals surface area contributed by atoms with E-state index in [-0.39, 0.29) is 0 Å². The Morgan fingerprint density at radius 2 is 2.00 bits per heavy atom. The van der Waals surface area contributed by atoms with E-state index in [2.05, 4.69) is 50.1 Å². The number of nitrogen functional groups attached to an aromatic ring is 1. The van der Waals surface area contributed by atoms with Crippen molar-refractivity contribution in [2.75, 3.05) is 24.2 Å². The minimum atomic E-state index is 0.705. The van der Waals surface area contributed by atoms with Gasteiger partial charge in [-0.25, -0.2) is 4.98 Å². The third-order valence-corrected chi connectivity index (χ3v) is 3.46. The summed E-state index contributed by atoms with van der Waals surface area (Å²) >= 11 is 3.37. The average Bonchev–Trinajstić information content (AvgIpc) is 2.39. The number of nitrogens with zero attached hydrogens (tertiary/aromatic N) is 2. The highest BCUT2D eigenvalue weighted by molar-refractivity contribution is 9.10. The highest BCUT2D eigenvalue weighted by Gasteiger charge is 2.07. The second kappa shape index (κ2) is 6.57. The summed E-state index contributed by atoms with van der Waals surface area (Å²) in [7, 11) is 2.03. The fourth-order valence-corrected chi connectivity index (χ4v) is 2.39. The number of hydrogen-bond acceptors (Lipinski definition) is 3. The number of anilines is 2. The van der Waals surface area contributed by atoms with Crippen molar-refractivity contribution in [3.8, 4) is 0 Å². The molecule has 1 heterocycles. The summed E-state index contributed by atoms with van der Waals surface area (Å²) in [6.07, 6.45) is 3.93. The van der Waals surface area contributed by atoms with Gasteiger partial charge in [0.2, 0.25) is 0 Å². The Hall–Kier alpha value is -1.55. The lowest BCUT2D eigenvalue weighted by atomic mass is 10.1. The Labute approximate surface area is 122 Å². The van der Waals surface area contributed by atoms with E-state index in [1.807, 2.05) is 19.2 Å². The van der Waals surface area contributed by atoms with Crippen LogP contribution >= 0.6 is 15.9 Å². The van der Waals surface area contributed by atoms with Gasteiger partial charge in [0.15, 0.2) is 5.82 Å². The van der Waals surface area contributed by atoms with Crippen LogP contribution < -0.4 is 10.6 Å². The van der Waals surface area contributed by atoms with E-state index in [4.69, 9.17) is 5.73 Å². The maximum Gasteiger partial charge on any atom is 0.151 e. The first-order valence-electron chi connectivity index (χ1n) is 6.33. The Kier molecular flexibility index (Phi) is 4.80. The standard InChI is InChI=1S/C15H18BrN3/c1-19(15-14(17)10-13(16)11-18-15)9-5-8-12-6-3-2-4-7-12/h2-4,6-7,10-11H,5,8-9,17H2,1H3. The molecule has 0 saturated heterocycles. The zero-order valence-electron chi connectivity index (χ0n) is 11.0. The van der Waals surface area contributed by atoms with Crippen molar-refractivity contribution in [3.05, 3.63) is 52.6 Å². The van der Waals surface area contributed by atoms with Crippen LogP contribution in [0.3, 0.4) is 0 Å². The van der Waals surface area contributed by atoms with Gasteiger partial charge in [-0.15, -0.1) is 0 Å². The maximum absolute atomic E-state index is 5.97. The average molecular weight is 320 g/mol. The van der Waals surface area contributed by atoms with Crippen LogP contribution in [0.25, 0.3) is 0 Å². The van der Waals surface area contributed by atoms with Crippen molar-refractivity contribution in [2.45, 2.75) is 12.8 Å². The Bertz CT molecular complexity index is 528. The van der Waals surface area contributed by atoms with Gasteiger partial charge in [0.05, 0.1) is 5.69 Å². The zero-order chi connectivity index (χ0) is 13.7. The van der Waals surface area contributed by atoms with Gasteiger partial charge < -0.3 is 10.6 Å². The first-order valence-corrected chi connectivity index (χ1v) is 7.12. The van der Waals surface area contributed by atoms with Crippen LogP contribution in [0.15, 0.2) is 47.1 Å². The number of pyridine rings is 1. The summed E-state index contributed by atoms with van der Waals surface area (Å²) in [5, 5.41) is 0. The second-order valence-corrected chi connectivity index (χ2v) is 5.49. The van der Waals surface area contributed by atoms with Gasteiger partial charge in [0, 0.05) is 24.3 Å². The van der Waals surface area contributed by atoms with E-state index in [9.17, 15) is 0 Å². The second-order valence-electron chi connectivity index (χ2n) is 4.58. The predicted octanol–water partition coefficient (Wildman–Crippen LogP) is 3.50. The molecule has 100 valence electrons. The van der Waals surface area contributed by atoms with Gasteiger partial charge in [0.1, 0.15) is 0 Å². The summed E-state index contributed by atoms with van der Waals surface area (Å²) in [4.78, 5) is 6.46. The lowest BCUT2D eigenvalue weighted by Crippen LogP contribution is -2.21. The summed E-state index contributed by atoms with van der Waals surface area (Å²) < 4.78 is 0.909. The molecule has 0 fully saturated rings. The third-order valence-electron chi connectivity index (χ3n) is 3.03. The number of aryl methyl sites for hydroxylation is 1. The van der Waals surface area contributed by atoms with Crippen molar-refractivity contribution in [1.82, 2.24) is 4.98 Å². The molecule has 1 aromatic carbocycles. The van der Waals surface area contributed by atoms with Crippen molar-refractivity contribution in [2.24, 2.45) is 0 Å². The lowest BCUT2D eigenvalue weighted by molar-refractivity contribution is 0.778. The summed E-state index contributed by atoms with van der Waals surface area (Å²) in [5.74, 6) is 0.844. The van der Waals surface area contributed by atoms with Crippen molar-refractivity contribution in [1.29, 1.82) is 0 Å². The molecule has 2 aromatic rings. The molecule has 0 aliphatic heterocycles. The number of rotatable bonds is 5. The molecule has 0 aliphatic carbocycles. The summed E-state index contributed by atoms with van der Waals surface area (Å²) in [6, 6.07) is 12.4. The van der Waals surface area contributed by atoms with Gasteiger partial charge in [-0.2, -0.15) is 0 Å². The van der Waals surface area contributed by atoms with Gasteiger partial charge in [-0.05, 0) is 40.4 Å². The molecule has 2 N–H and O–H groups in total. The first-order chi connectivity index (χ1) is 9.16. The molecule has 0 saturated carbocycles. The van der Waals surface area contributed by atoms with Crippen LogP contribution in [-0.4, -0.2) is 18.6 Å². The Morgan fingerprint density at radius 3 is 2.68 bits per heavy atom. The monoisotopic (exact) mass is 319 g/mol. The lowest BCUT2D eigenvalue weighted by Gasteiger charge is -2.19. The largest absolute Gasteiger partial charge is 0.396 e. The molecule has 1 aromatic heterocycles. The van der Waals surface area contributed by atoms with Crippen LogP contribution in [0.5, 0.6) is 0 Å². The van der Waals surface area contributed by atoms with E-state index >= 15 is 0 Å². The predicted molar refractivity (Wildman–Crippen MR) is 84.4 cm³/mol. The number of halogens is 1. The van der Waals surface area contributed by atoms with Gasteiger partial charge in [-0.3, -0.25) is 0 Å². The molecule has 0 bridgehead atoms. The molecule has 0 unspecified atom stereocenters. The van der Waals surface area contributed by atoms with Crippen molar-refractivity contribution in [3.63, 3.8) is 0 Å². The number of hydrogen-bond donors (Lipinski definition) is 1. The van der Waals surface area contributed by atoms with Gasteiger partial charge >= 0.3 is 0 Å². The molecule has 2 rings (SSSR count). The van der Waals surface area contributed by atoms with Crippen molar-refractivity contribution < 1.29 is 0 Å². The molecule has 0 radical (unpaired) electrons. The fraction of sp³-hybridized carbons (Fsp3) is 0.267. The van der Waals surface area contributed by atoms with Crippen LogP contribution in [0, 0.1) is 0 Å². The van der Waals surface area contributed by atoms with E-state index in [0.29, 0.717) is 5.69 Å². The molecule has 0 atom stereocenters. The highest BCUT2D eigenvalue weighted by atomic mass is 79.9. The topological polar surface area (TPSA) is 42.2 Å². The van der Waals surface area contributed by atoms with E-state index in [0.717, 1.165) is 29.7 Å². The quantitative estimate of drug-likeness (QED) is 0.917. The highest BCUT2D eigenvalue weighted by Crippen LogP contribution is 2.22.